The third-order valence-corrected chi connectivity index (χ3v) is 2.19. The van der Waals surface area contributed by atoms with E-state index in [0.29, 0.717) is 13.1 Å². The molecule has 0 aliphatic rings. The Morgan fingerprint density at radius 1 is 1.16 bits per heavy atom. The second kappa shape index (κ2) is 8.96. The third kappa shape index (κ3) is 7.07. The predicted molar refractivity (Wildman–Crippen MR) is 66.6 cm³/mol. The van der Waals surface area contributed by atoms with E-state index in [0.717, 1.165) is 6.42 Å². The minimum Gasteiger partial charge on any atom is -0.458 e. The second-order valence-corrected chi connectivity index (χ2v) is 3.70. The third-order valence-electron chi connectivity index (χ3n) is 2.19. The van der Waals surface area contributed by atoms with Crippen molar-refractivity contribution in [3.8, 4) is 0 Å². The number of rotatable bonds is 8. The lowest BCUT2D eigenvalue weighted by atomic mass is 10.2. The Balaban J connectivity index is 4.12. The zero-order valence-electron chi connectivity index (χ0n) is 11.2. The highest BCUT2D eigenvalue weighted by atomic mass is 16.7. The van der Waals surface area contributed by atoms with Gasteiger partial charge in [0.1, 0.15) is 6.61 Å². The Hall–Kier alpha value is -2.05. The fourth-order valence-electron chi connectivity index (χ4n) is 1.29. The molecule has 0 saturated heterocycles. The SMILES string of the molecule is C=C(COC(=O)COC(=O)O)C(=O)N(CC)CCC. The Morgan fingerprint density at radius 2 is 1.79 bits per heavy atom. The maximum atomic E-state index is 11.9. The normalized spacial score (nSPS) is 9.58. The molecule has 7 heteroatoms. The van der Waals surface area contributed by atoms with Crippen molar-refractivity contribution in [2.75, 3.05) is 26.3 Å². The zero-order valence-corrected chi connectivity index (χ0v) is 11.2. The molecule has 1 amide bonds. The molecule has 0 atom stereocenters. The van der Waals surface area contributed by atoms with E-state index in [1.807, 2.05) is 13.8 Å². The van der Waals surface area contributed by atoms with Crippen LogP contribution in [0.4, 0.5) is 4.79 Å². The summed E-state index contributed by atoms with van der Waals surface area (Å²) in [5.74, 6) is -1.15. The van der Waals surface area contributed by atoms with Crippen molar-refractivity contribution < 1.29 is 29.0 Å². The van der Waals surface area contributed by atoms with Crippen LogP contribution in [0.15, 0.2) is 12.2 Å². The monoisotopic (exact) mass is 273 g/mol. The lowest BCUT2D eigenvalue weighted by Gasteiger charge is -2.21. The van der Waals surface area contributed by atoms with Gasteiger partial charge < -0.3 is 19.5 Å². The van der Waals surface area contributed by atoms with Crippen molar-refractivity contribution in [1.82, 2.24) is 4.90 Å². The van der Waals surface area contributed by atoms with Crippen LogP contribution in [0.3, 0.4) is 0 Å². The van der Waals surface area contributed by atoms with Crippen LogP contribution in [0.5, 0.6) is 0 Å². The van der Waals surface area contributed by atoms with E-state index in [1.165, 1.54) is 0 Å². The van der Waals surface area contributed by atoms with Crippen LogP contribution in [-0.2, 0) is 19.1 Å². The summed E-state index contributed by atoms with van der Waals surface area (Å²) >= 11 is 0. The molecule has 0 aliphatic heterocycles. The smallest absolute Gasteiger partial charge is 0.458 e. The topological polar surface area (TPSA) is 93.1 Å². The van der Waals surface area contributed by atoms with E-state index in [4.69, 9.17) is 5.11 Å². The summed E-state index contributed by atoms with van der Waals surface area (Å²) in [6.45, 7) is 7.50. The zero-order chi connectivity index (χ0) is 14.8. The first-order valence-electron chi connectivity index (χ1n) is 5.90. The Kier molecular flexibility index (Phi) is 7.99. The number of hydrogen-bond donors (Lipinski definition) is 1. The molecule has 0 unspecified atom stereocenters. The Labute approximate surface area is 111 Å². The van der Waals surface area contributed by atoms with Crippen molar-refractivity contribution in [3.63, 3.8) is 0 Å². The molecular weight excluding hydrogens is 254 g/mol. The maximum Gasteiger partial charge on any atom is 0.506 e. The number of likely N-dealkylation sites (N-methyl/N-ethyl adjacent to an activating group) is 1. The molecular formula is C12H19NO6. The van der Waals surface area contributed by atoms with Crippen molar-refractivity contribution in [1.29, 1.82) is 0 Å². The Morgan fingerprint density at radius 3 is 2.26 bits per heavy atom. The molecule has 0 saturated carbocycles. The summed E-state index contributed by atoms with van der Waals surface area (Å²) < 4.78 is 8.69. The summed E-state index contributed by atoms with van der Waals surface area (Å²) in [5, 5.41) is 8.18. The molecule has 0 heterocycles. The number of hydrogen-bond acceptors (Lipinski definition) is 5. The fourth-order valence-corrected chi connectivity index (χ4v) is 1.29. The molecule has 0 bridgehead atoms. The van der Waals surface area contributed by atoms with E-state index in [-0.39, 0.29) is 18.1 Å². The molecule has 0 aliphatic carbocycles. The van der Waals surface area contributed by atoms with Gasteiger partial charge in [-0.2, -0.15) is 0 Å². The van der Waals surface area contributed by atoms with Gasteiger partial charge in [0.2, 0.25) is 0 Å². The highest BCUT2D eigenvalue weighted by Crippen LogP contribution is 2.02. The quantitative estimate of drug-likeness (QED) is 0.524. The standard InChI is InChI=1S/C12H19NO6/c1-4-6-13(5-2)11(15)9(3)7-18-10(14)8-19-12(16)17/h3-8H2,1-2H3,(H,16,17). The van der Waals surface area contributed by atoms with Crippen LogP contribution in [-0.4, -0.2) is 54.3 Å². The average molecular weight is 273 g/mol. The van der Waals surface area contributed by atoms with E-state index in [1.54, 1.807) is 4.90 Å². The van der Waals surface area contributed by atoms with E-state index < -0.39 is 18.7 Å². The molecule has 19 heavy (non-hydrogen) atoms. The number of carboxylic acid groups (broad SMARTS) is 1. The molecule has 0 aromatic rings. The first kappa shape index (κ1) is 16.9. The van der Waals surface area contributed by atoms with Crippen LogP contribution in [0.1, 0.15) is 20.3 Å². The first-order chi connectivity index (χ1) is 8.92. The van der Waals surface area contributed by atoms with Crippen LogP contribution < -0.4 is 0 Å². The number of carbonyl (C=O) groups excluding carboxylic acids is 2. The summed E-state index contributed by atoms with van der Waals surface area (Å²) in [7, 11) is 0. The van der Waals surface area contributed by atoms with E-state index in [2.05, 4.69) is 16.1 Å². The highest BCUT2D eigenvalue weighted by Gasteiger charge is 2.16. The minimum absolute atomic E-state index is 0.138. The molecule has 0 aromatic carbocycles. The molecule has 0 aromatic heterocycles. The highest BCUT2D eigenvalue weighted by molar-refractivity contribution is 5.93. The molecule has 7 nitrogen and oxygen atoms in total. The Bertz CT molecular complexity index is 352. The molecule has 108 valence electrons. The molecule has 0 spiro atoms. The van der Waals surface area contributed by atoms with Gasteiger partial charge in [-0.1, -0.05) is 13.5 Å². The maximum absolute atomic E-state index is 11.9. The van der Waals surface area contributed by atoms with Gasteiger partial charge in [0.15, 0.2) is 6.61 Å². The van der Waals surface area contributed by atoms with Gasteiger partial charge in [0, 0.05) is 18.7 Å². The molecule has 1 N–H and O–H groups in total. The van der Waals surface area contributed by atoms with Gasteiger partial charge in [-0.3, -0.25) is 4.79 Å². The van der Waals surface area contributed by atoms with Crippen molar-refractivity contribution in [3.05, 3.63) is 12.2 Å². The summed E-state index contributed by atoms with van der Waals surface area (Å²) in [6.07, 6.45) is -0.744. The number of esters is 1. The average Bonchev–Trinajstić information content (AvgIpc) is 2.38. The number of carbonyl (C=O) groups is 3. The predicted octanol–water partition coefficient (Wildman–Crippen LogP) is 1.04. The van der Waals surface area contributed by atoms with Gasteiger partial charge in [-0.15, -0.1) is 0 Å². The second-order valence-electron chi connectivity index (χ2n) is 3.70. The molecule has 0 radical (unpaired) electrons. The van der Waals surface area contributed by atoms with Crippen LogP contribution >= 0.6 is 0 Å². The van der Waals surface area contributed by atoms with E-state index >= 15 is 0 Å². The first-order valence-corrected chi connectivity index (χ1v) is 5.90. The number of ether oxygens (including phenoxy) is 2. The lowest BCUT2D eigenvalue weighted by Crippen LogP contribution is -2.34. The van der Waals surface area contributed by atoms with Gasteiger partial charge in [0.05, 0.1) is 0 Å². The molecule has 0 rings (SSSR count). The fraction of sp³-hybridized carbons (Fsp3) is 0.583. The van der Waals surface area contributed by atoms with Crippen molar-refractivity contribution in [2.24, 2.45) is 0 Å². The van der Waals surface area contributed by atoms with Crippen molar-refractivity contribution in [2.45, 2.75) is 20.3 Å². The van der Waals surface area contributed by atoms with E-state index in [9.17, 15) is 14.4 Å². The van der Waals surface area contributed by atoms with Crippen LogP contribution in [0.25, 0.3) is 0 Å². The van der Waals surface area contributed by atoms with Gasteiger partial charge in [0.25, 0.3) is 5.91 Å². The van der Waals surface area contributed by atoms with Crippen LogP contribution in [0, 0.1) is 0 Å². The van der Waals surface area contributed by atoms with Gasteiger partial charge in [-0.25, -0.2) is 9.59 Å². The van der Waals surface area contributed by atoms with Gasteiger partial charge >= 0.3 is 12.1 Å². The summed E-state index contributed by atoms with van der Waals surface area (Å²) in [4.78, 5) is 34.5. The largest absolute Gasteiger partial charge is 0.506 e. The van der Waals surface area contributed by atoms with Gasteiger partial charge in [-0.05, 0) is 13.3 Å². The number of amides is 1. The van der Waals surface area contributed by atoms with Crippen molar-refractivity contribution >= 4 is 18.0 Å². The number of nitrogens with zero attached hydrogens (tertiary/aromatic N) is 1. The summed E-state index contributed by atoms with van der Waals surface area (Å²) in [5.41, 5.74) is 0.138. The molecule has 0 fully saturated rings. The lowest BCUT2D eigenvalue weighted by molar-refractivity contribution is -0.147. The minimum atomic E-state index is -1.56. The summed E-state index contributed by atoms with van der Waals surface area (Å²) in [6, 6.07) is 0. The van der Waals surface area contributed by atoms with Crippen LogP contribution in [0.2, 0.25) is 0 Å².